The zero-order chi connectivity index (χ0) is 21.8. The third-order valence-corrected chi connectivity index (χ3v) is 6.54. The molecule has 3 aromatic rings. The minimum absolute atomic E-state index is 0.122. The number of carbonyl (C=O) groups is 1. The van der Waals surface area contributed by atoms with Gasteiger partial charge < -0.3 is 9.47 Å². The SMILES string of the molecule is COC(=O)[C@@H]1CCCN1Cc1ccc(-c2ncc(-c3ccc(OC(C)C)cc3)s2)cc1. The lowest BCUT2D eigenvalue weighted by atomic mass is 10.1. The maximum atomic E-state index is 12.0. The summed E-state index contributed by atoms with van der Waals surface area (Å²) in [7, 11) is 1.46. The summed E-state index contributed by atoms with van der Waals surface area (Å²) < 4.78 is 10.7. The Kier molecular flexibility index (Phi) is 6.68. The quantitative estimate of drug-likeness (QED) is 0.464. The summed E-state index contributed by atoms with van der Waals surface area (Å²) in [4.78, 5) is 19.9. The van der Waals surface area contributed by atoms with E-state index in [1.165, 1.54) is 12.7 Å². The molecule has 0 saturated carbocycles. The topological polar surface area (TPSA) is 51.7 Å². The Morgan fingerprint density at radius 2 is 1.84 bits per heavy atom. The predicted molar refractivity (Wildman–Crippen MR) is 124 cm³/mol. The van der Waals surface area contributed by atoms with Gasteiger partial charge in [0.2, 0.25) is 0 Å². The van der Waals surface area contributed by atoms with Crippen LogP contribution in [0.2, 0.25) is 0 Å². The van der Waals surface area contributed by atoms with Crippen molar-refractivity contribution in [3.8, 4) is 26.8 Å². The Balaban J connectivity index is 1.43. The van der Waals surface area contributed by atoms with Gasteiger partial charge in [-0.15, -0.1) is 11.3 Å². The van der Waals surface area contributed by atoms with Crippen molar-refractivity contribution in [1.29, 1.82) is 0 Å². The third-order valence-electron chi connectivity index (χ3n) is 5.44. The average molecular weight is 437 g/mol. The van der Waals surface area contributed by atoms with E-state index in [2.05, 4.69) is 46.3 Å². The zero-order valence-electron chi connectivity index (χ0n) is 18.2. The van der Waals surface area contributed by atoms with Crippen LogP contribution in [0.25, 0.3) is 21.0 Å². The van der Waals surface area contributed by atoms with Crippen molar-refractivity contribution in [2.75, 3.05) is 13.7 Å². The normalized spacial score (nSPS) is 16.6. The molecule has 0 bridgehead atoms. The number of hydrogen-bond donors (Lipinski definition) is 0. The first-order chi connectivity index (χ1) is 15.0. The van der Waals surface area contributed by atoms with Gasteiger partial charge in [0.05, 0.1) is 18.1 Å². The molecule has 6 heteroatoms. The molecule has 1 aliphatic heterocycles. The van der Waals surface area contributed by atoms with Gasteiger partial charge in [0, 0.05) is 18.3 Å². The second-order valence-electron chi connectivity index (χ2n) is 8.07. The van der Waals surface area contributed by atoms with E-state index in [0.29, 0.717) is 0 Å². The standard InChI is InChI=1S/C25H28N2O3S/c1-17(2)30-21-12-10-19(11-13-21)23-15-26-24(31-23)20-8-6-18(7-9-20)16-27-14-4-5-22(27)25(28)29-3/h6-13,15,17,22H,4-5,14,16H2,1-3H3/t22-/m0/s1. The summed E-state index contributed by atoms with van der Waals surface area (Å²) in [6, 6.07) is 16.5. The van der Waals surface area contributed by atoms with Gasteiger partial charge in [-0.25, -0.2) is 4.98 Å². The first kappa shape index (κ1) is 21.5. The van der Waals surface area contributed by atoms with Gasteiger partial charge in [0.1, 0.15) is 16.8 Å². The van der Waals surface area contributed by atoms with Crippen molar-refractivity contribution in [1.82, 2.24) is 9.88 Å². The fraction of sp³-hybridized carbons (Fsp3) is 0.360. The smallest absolute Gasteiger partial charge is 0.323 e. The number of rotatable bonds is 7. The first-order valence-electron chi connectivity index (χ1n) is 10.7. The minimum atomic E-state index is -0.131. The first-order valence-corrected chi connectivity index (χ1v) is 11.5. The van der Waals surface area contributed by atoms with Gasteiger partial charge in [0.25, 0.3) is 0 Å². The number of carbonyl (C=O) groups excluding carboxylic acids is 1. The zero-order valence-corrected chi connectivity index (χ0v) is 19.0. The highest BCUT2D eigenvalue weighted by atomic mass is 32.1. The van der Waals surface area contributed by atoms with Crippen molar-refractivity contribution in [3.05, 3.63) is 60.3 Å². The van der Waals surface area contributed by atoms with Crippen LogP contribution in [0.15, 0.2) is 54.7 Å². The number of thiazole rings is 1. The van der Waals surface area contributed by atoms with E-state index in [1.807, 2.05) is 32.2 Å². The summed E-state index contributed by atoms with van der Waals surface area (Å²) in [6.45, 7) is 5.74. The summed E-state index contributed by atoms with van der Waals surface area (Å²) >= 11 is 1.68. The Morgan fingerprint density at radius 1 is 1.13 bits per heavy atom. The van der Waals surface area contributed by atoms with E-state index in [1.54, 1.807) is 11.3 Å². The van der Waals surface area contributed by atoms with E-state index >= 15 is 0 Å². The van der Waals surface area contributed by atoms with Crippen LogP contribution in [0.4, 0.5) is 0 Å². The molecule has 1 atom stereocenters. The number of hydrogen-bond acceptors (Lipinski definition) is 6. The second-order valence-corrected chi connectivity index (χ2v) is 9.10. The molecule has 2 heterocycles. The van der Waals surface area contributed by atoms with Crippen LogP contribution in [0, 0.1) is 0 Å². The Bertz CT molecular complexity index is 1010. The van der Waals surface area contributed by atoms with Gasteiger partial charge in [0.15, 0.2) is 0 Å². The summed E-state index contributed by atoms with van der Waals surface area (Å²) in [5.41, 5.74) is 3.43. The Hall–Kier alpha value is -2.70. The number of methoxy groups -OCH3 is 1. The van der Waals surface area contributed by atoms with Gasteiger partial charge >= 0.3 is 5.97 Å². The van der Waals surface area contributed by atoms with Crippen molar-refractivity contribution >= 4 is 17.3 Å². The highest BCUT2D eigenvalue weighted by molar-refractivity contribution is 7.18. The number of ether oxygens (including phenoxy) is 2. The van der Waals surface area contributed by atoms with Gasteiger partial charge in [-0.05, 0) is 68.6 Å². The van der Waals surface area contributed by atoms with Crippen LogP contribution in [0.5, 0.6) is 5.75 Å². The van der Waals surface area contributed by atoms with E-state index in [9.17, 15) is 4.79 Å². The van der Waals surface area contributed by atoms with E-state index < -0.39 is 0 Å². The monoisotopic (exact) mass is 436 g/mol. The molecule has 4 rings (SSSR count). The molecule has 0 radical (unpaired) electrons. The minimum Gasteiger partial charge on any atom is -0.491 e. The average Bonchev–Trinajstić information content (AvgIpc) is 3.44. The maximum Gasteiger partial charge on any atom is 0.323 e. The molecule has 162 valence electrons. The lowest BCUT2D eigenvalue weighted by molar-refractivity contribution is -0.146. The molecule has 31 heavy (non-hydrogen) atoms. The highest BCUT2D eigenvalue weighted by Crippen LogP contribution is 2.33. The number of esters is 1. The number of likely N-dealkylation sites (tertiary alicyclic amines) is 1. The van der Waals surface area contributed by atoms with E-state index in [4.69, 9.17) is 9.47 Å². The lowest BCUT2D eigenvalue weighted by Crippen LogP contribution is -2.36. The highest BCUT2D eigenvalue weighted by Gasteiger charge is 2.31. The summed E-state index contributed by atoms with van der Waals surface area (Å²) in [5.74, 6) is 0.750. The third kappa shape index (κ3) is 5.14. The summed E-state index contributed by atoms with van der Waals surface area (Å²) in [6.07, 6.45) is 4.00. The molecule has 0 aliphatic carbocycles. The number of aromatic nitrogens is 1. The van der Waals surface area contributed by atoms with Crippen LogP contribution in [0.1, 0.15) is 32.3 Å². The van der Waals surface area contributed by atoms with Crippen molar-refractivity contribution in [2.45, 2.75) is 45.4 Å². The molecular formula is C25H28N2O3S. The van der Waals surface area contributed by atoms with E-state index in [0.717, 1.165) is 52.7 Å². The summed E-state index contributed by atoms with van der Waals surface area (Å²) in [5, 5.41) is 0.998. The largest absolute Gasteiger partial charge is 0.491 e. The molecule has 1 fully saturated rings. The lowest BCUT2D eigenvalue weighted by Gasteiger charge is -2.22. The van der Waals surface area contributed by atoms with E-state index in [-0.39, 0.29) is 18.1 Å². The van der Waals surface area contributed by atoms with Crippen LogP contribution >= 0.6 is 11.3 Å². The van der Waals surface area contributed by atoms with Crippen LogP contribution in [-0.4, -0.2) is 41.7 Å². The van der Waals surface area contributed by atoms with Crippen molar-refractivity contribution < 1.29 is 14.3 Å². The molecule has 0 unspecified atom stereocenters. The van der Waals surface area contributed by atoms with Crippen molar-refractivity contribution in [3.63, 3.8) is 0 Å². The molecule has 1 aliphatic rings. The maximum absolute atomic E-state index is 12.0. The van der Waals surface area contributed by atoms with Gasteiger partial charge in [-0.3, -0.25) is 9.69 Å². The Morgan fingerprint density at radius 3 is 2.52 bits per heavy atom. The van der Waals surface area contributed by atoms with Crippen LogP contribution in [-0.2, 0) is 16.1 Å². The molecule has 5 nitrogen and oxygen atoms in total. The molecule has 2 aromatic carbocycles. The number of nitrogens with zero attached hydrogens (tertiary/aromatic N) is 2. The molecule has 0 spiro atoms. The van der Waals surface area contributed by atoms with Crippen LogP contribution < -0.4 is 4.74 Å². The molecule has 1 saturated heterocycles. The van der Waals surface area contributed by atoms with Gasteiger partial charge in [-0.1, -0.05) is 24.3 Å². The second kappa shape index (κ2) is 9.62. The van der Waals surface area contributed by atoms with Crippen LogP contribution in [0.3, 0.4) is 0 Å². The Labute approximate surface area is 187 Å². The molecule has 0 amide bonds. The fourth-order valence-corrected chi connectivity index (χ4v) is 4.84. The van der Waals surface area contributed by atoms with Crippen molar-refractivity contribution in [2.24, 2.45) is 0 Å². The number of benzene rings is 2. The molecular weight excluding hydrogens is 408 g/mol. The fourth-order valence-electron chi connectivity index (χ4n) is 3.92. The molecule has 1 aromatic heterocycles. The predicted octanol–water partition coefficient (Wildman–Crippen LogP) is 5.40. The van der Waals surface area contributed by atoms with Gasteiger partial charge in [-0.2, -0.15) is 0 Å². The molecule has 0 N–H and O–H groups in total.